The first kappa shape index (κ1) is 28.5. The van der Waals surface area contributed by atoms with Crippen LogP contribution in [-0.4, -0.2) is 66.2 Å². The lowest BCUT2D eigenvalue weighted by Crippen LogP contribution is -2.24. The monoisotopic (exact) mass is 489 g/mol. The van der Waals surface area contributed by atoms with Crippen molar-refractivity contribution in [2.75, 3.05) is 33.1 Å². The first-order chi connectivity index (χ1) is 16.8. The number of methoxy groups -OCH3 is 1. The Kier molecular flexibility index (Phi) is 11.9. The average molecular weight is 490 g/mol. The lowest BCUT2D eigenvalue weighted by atomic mass is 10.0. The van der Waals surface area contributed by atoms with Crippen LogP contribution in [0.3, 0.4) is 0 Å². The SMILES string of the molecule is C1CCCCC1.CC1c2[nH]nc(NC(=O)c3ccccc3F)c2CN1C=O.COC(C)CN(C)C. The second-order valence-corrected chi connectivity index (χ2v) is 9.28. The summed E-state index contributed by atoms with van der Waals surface area (Å²) in [5.74, 6) is -0.834. The highest BCUT2D eigenvalue weighted by Crippen LogP contribution is 2.34. The van der Waals surface area contributed by atoms with Gasteiger partial charge in [-0.05, 0) is 40.1 Å². The maximum atomic E-state index is 13.6. The van der Waals surface area contributed by atoms with E-state index in [9.17, 15) is 14.0 Å². The molecule has 0 radical (unpaired) electrons. The molecule has 2 amide bonds. The van der Waals surface area contributed by atoms with Gasteiger partial charge in [0.1, 0.15) is 5.82 Å². The number of aromatic amines is 1. The number of anilines is 1. The van der Waals surface area contributed by atoms with Gasteiger partial charge in [-0.1, -0.05) is 50.7 Å². The van der Waals surface area contributed by atoms with Crippen molar-refractivity contribution in [3.05, 3.63) is 46.9 Å². The molecule has 2 unspecified atom stereocenters. The molecular formula is C26H40FN5O3. The number of nitrogens with one attached hydrogen (secondary N) is 2. The molecule has 2 N–H and O–H groups in total. The van der Waals surface area contributed by atoms with E-state index in [4.69, 9.17) is 4.74 Å². The van der Waals surface area contributed by atoms with Crippen LogP contribution in [-0.2, 0) is 16.1 Å². The van der Waals surface area contributed by atoms with Crippen molar-refractivity contribution < 1.29 is 18.7 Å². The first-order valence-electron chi connectivity index (χ1n) is 12.3. The average Bonchev–Trinajstić information content (AvgIpc) is 3.40. The van der Waals surface area contributed by atoms with Gasteiger partial charge in [0, 0.05) is 19.2 Å². The number of carbonyl (C=O) groups excluding carboxylic acids is 2. The Morgan fingerprint density at radius 3 is 2.34 bits per heavy atom. The van der Waals surface area contributed by atoms with Gasteiger partial charge in [-0.25, -0.2) is 4.39 Å². The molecule has 35 heavy (non-hydrogen) atoms. The summed E-state index contributed by atoms with van der Waals surface area (Å²) in [6, 6.07) is 5.60. The van der Waals surface area contributed by atoms with E-state index in [0.717, 1.165) is 24.2 Å². The van der Waals surface area contributed by atoms with Gasteiger partial charge in [-0.2, -0.15) is 5.10 Å². The molecule has 1 fully saturated rings. The Morgan fingerprint density at radius 1 is 1.26 bits per heavy atom. The topological polar surface area (TPSA) is 90.6 Å². The third kappa shape index (κ3) is 8.74. The van der Waals surface area contributed by atoms with Crippen molar-refractivity contribution in [2.24, 2.45) is 0 Å². The molecule has 2 aromatic rings. The van der Waals surface area contributed by atoms with Crippen LogP contribution >= 0.6 is 0 Å². The number of fused-ring (bicyclic) bond motifs is 1. The van der Waals surface area contributed by atoms with E-state index in [0.29, 0.717) is 18.5 Å². The van der Waals surface area contributed by atoms with Crippen LogP contribution in [0.2, 0.25) is 0 Å². The van der Waals surface area contributed by atoms with Gasteiger partial charge in [-0.15, -0.1) is 0 Å². The standard InChI is InChI=1S/C14H13FN4O2.C6H15NO.C6H12/c1-8-12-10(6-19(8)7-20)13(18-17-12)16-14(21)9-4-2-3-5-11(9)15;1-6(8-4)5-7(2)3;1-2-4-6-5-3-1/h2-5,7-8H,6H2,1H3,(H2,16,17,18,21);6H,5H2,1-4H3;1-6H2. The number of nitrogens with zero attached hydrogens (tertiary/aromatic N) is 3. The third-order valence-corrected chi connectivity index (χ3v) is 6.17. The van der Waals surface area contributed by atoms with Crippen LogP contribution in [0.1, 0.15) is 80.0 Å². The summed E-state index contributed by atoms with van der Waals surface area (Å²) in [5.41, 5.74) is 1.48. The number of ether oxygens (including phenoxy) is 1. The number of hydrogen-bond acceptors (Lipinski definition) is 5. The number of hydrogen-bond donors (Lipinski definition) is 2. The van der Waals surface area contributed by atoms with Crippen LogP contribution in [0.15, 0.2) is 24.3 Å². The van der Waals surface area contributed by atoms with Crippen molar-refractivity contribution in [3.8, 4) is 0 Å². The normalized spacial score (nSPS) is 17.5. The summed E-state index contributed by atoms with van der Waals surface area (Å²) in [5, 5.41) is 9.42. The molecule has 4 rings (SSSR count). The van der Waals surface area contributed by atoms with E-state index in [1.165, 1.54) is 56.7 Å². The van der Waals surface area contributed by atoms with Crippen LogP contribution in [0.4, 0.5) is 10.2 Å². The Hall–Kier alpha value is -2.78. The molecule has 1 aromatic carbocycles. The molecular weight excluding hydrogens is 449 g/mol. The molecule has 0 saturated heterocycles. The van der Waals surface area contributed by atoms with Crippen molar-refractivity contribution in [1.82, 2.24) is 20.0 Å². The molecule has 1 aliphatic heterocycles. The second-order valence-electron chi connectivity index (χ2n) is 9.28. The lowest BCUT2D eigenvalue weighted by Gasteiger charge is -2.14. The zero-order valence-electron chi connectivity index (χ0n) is 21.6. The molecule has 2 atom stereocenters. The summed E-state index contributed by atoms with van der Waals surface area (Å²) in [4.78, 5) is 26.7. The fourth-order valence-corrected chi connectivity index (χ4v) is 4.07. The fourth-order valence-electron chi connectivity index (χ4n) is 4.07. The summed E-state index contributed by atoms with van der Waals surface area (Å²) in [7, 11) is 5.80. The molecule has 1 aromatic heterocycles. The Balaban J connectivity index is 0.000000253. The second kappa shape index (κ2) is 14.6. The molecule has 2 heterocycles. The highest BCUT2D eigenvalue weighted by atomic mass is 19.1. The molecule has 0 bridgehead atoms. The van der Waals surface area contributed by atoms with Gasteiger partial charge < -0.3 is 19.9 Å². The molecule has 1 saturated carbocycles. The number of rotatable bonds is 6. The van der Waals surface area contributed by atoms with E-state index < -0.39 is 11.7 Å². The van der Waals surface area contributed by atoms with Gasteiger partial charge in [0.25, 0.3) is 5.91 Å². The van der Waals surface area contributed by atoms with Crippen molar-refractivity contribution >= 4 is 18.1 Å². The van der Waals surface area contributed by atoms with E-state index in [1.807, 2.05) is 21.0 Å². The van der Waals surface area contributed by atoms with E-state index in [1.54, 1.807) is 18.1 Å². The minimum atomic E-state index is -0.593. The molecule has 2 aliphatic rings. The van der Waals surface area contributed by atoms with Crippen LogP contribution in [0.5, 0.6) is 0 Å². The van der Waals surface area contributed by atoms with Crippen LogP contribution in [0, 0.1) is 5.82 Å². The molecule has 9 heteroatoms. The zero-order chi connectivity index (χ0) is 25.8. The number of H-pyrrole nitrogens is 1. The summed E-state index contributed by atoms with van der Waals surface area (Å²) >= 11 is 0. The van der Waals surface area contributed by atoms with Crippen LogP contribution < -0.4 is 5.32 Å². The number of aromatic nitrogens is 2. The van der Waals surface area contributed by atoms with Gasteiger partial charge in [0.2, 0.25) is 6.41 Å². The Morgan fingerprint density at radius 2 is 1.86 bits per heavy atom. The lowest BCUT2D eigenvalue weighted by molar-refractivity contribution is -0.119. The summed E-state index contributed by atoms with van der Waals surface area (Å²) in [6.07, 6.45) is 10.1. The smallest absolute Gasteiger partial charge is 0.259 e. The Labute approximate surface area is 208 Å². The fraction of sp³-hybridized carbons (Fsp3) is 0.577. The van der Waals surface area contributed by atoms with Gasteiger partial charge in [0.05, 0.1) is 29.9 Å². The van der Waals surface area contributed by atoms with Crippen molar-refractivity contribution in [2.45, 2.75) is 71.1 Å². The van der Waals surface area contributed by atoms with Crippen LogP contribution in [0.25, 0.3) is 0 Å². The number of benzene rings is 1. The highest BCUT2D eigenvalue weighted by molar-refractivity contribution is 6.04. The number of likely N-dealkylation sites (N-methyl/N-ethyl adjacent to an activating group) is 1. The van der Waals surface area contributed by atoms with Crippen molar-refractivity contribution in [1.29, 1.82) is 0 Å². The minimum Gasteiger partial charge on any atom is -0.380 e. The number of halogens is 1. The molecule has 0 spiro atoms. The minimum absolute atomic E-state index is 0.0486. The predicted molar refractivity (Wildman–Crippen MR) is 136 cm³/mol. The maximum absolute atomic E-state index is 13.6. The van der Waals surface area contributed by atoms with Gasteiger partial charge in [0.15, 0.2) is 5.82 Å². The molecule has 1 aliphatic carbocycles. The largest absolute Gasteiger partial charge is 0.380 e. The molecule has 8 nitrogen and oxygen atoms in total. The van der Waals surface area contributed by atoms with Gasteiger partial charge in [-0.3, -0.25) is 14.7 Å². The van der Waals surface area contributed by atoms with Crippen molar-refractivity contribution in [3.63, 3.8) is 0 Å². The van der Waals surface area contributed by atoms with E-state index in [-0.39, 0.29) is 11.6 Å². The first-order valence-corrected chi connectivity index (χ1v) is 12.3. The predicted octanol–water partition coefficient (Wildman–Crippen LogP) is 4.76. The highest BCUT2D eigenvalue weighted by Gasteiger charge is 2.31. The quantitative estimate of drug-likeness (QED) is 0.571. The Bertz CT molecular complexity index is 918. The third-order valence-electron chi connectivity index (χ3n) is 6.17. The maximum Gasteiger partial charge on any atom is 0.259 e. The molecule has 194 valence electrons. The zero-order valence-corrected chi connectivity index (χ0v) is 21.6. The van der Waals surface area contributed by atoms with Gasteiger partial charge >= 0.3 is 0 Å². The number of carbonyl (C=O) groups is 2. The van der Waals surface area contributed by atoms with E-state index >= 15 is 0 Å². The number of amides is 2. The summed E-state index contributed by atoms with van der Waals surface area (Å²) in [6.45, 7) is 5.28. The van der Waals surface area contributed by atoms with E-state index in [2.05, 4.69) is 27.3 Å². The summed E-state index contributed by atoms with van der Waals surface area (Å²) < 4.78 is 18.6.